The quantitative estimate of drug-likeness (QED) is 0.620. The number of hydrogen-bond donors (Lipinski definition) is 1. The molecule has 4 rings (SSSR count). The van der Waals surface area contributed by atoms with Gasteiger partial charge in [0.2, 0.25) is 0 Å². The standard InChI is InChI=1S/C19H17Cl2N/c1-11-9-14(21)10-17-15-3-2-4-16(15)19(22-18(11)17)12-5-7-13(20)8-6-12/h2-3,5-10,15-16,19,22H,4H2,1H3/t15-,16+,19+/m0/s1. The van der Waals surface area contributed by atoms with Crippen LogP contribution in [0.25, 0.3) is 0 Å². The molecule has 1 heterocycles. The molecule has 0 fully saturated rings. The number of allylic oxidation sites excluding steroid dienone is 2. The number of benzene rings is 2. The summed E-state index contributed by atoms with van der Waals surface area (Å²) in [6.45, 7) is 2.12. The topological polar surface area (TPSA) is 12.0 Å². The largest absolute Gasteiger partial charge is 0.377 e. The summed E-state index contributed by atoms with van der Waals surface area (Å²) in [6.07, 6.45) is 5.73. The lowest BCUT2D eigenvalue weighted by Crippen LogP contribution is -2.29. The third-order valence-corrected chi connectivity index (χ3v) is 5.33. The zero-order chi connectivity index (χ0) is 15.3. The van der Waals surface area contributed by atoms with Gasteiger partial charge in [-0.25, -0.2) is 0 Å². The van der Waals surface area contributed by atoms with Gasteiger partial charge in [0, 0.05) is 21.7 Å². The summed E-state index contributed by atoms with van der Waals surface area (Å²) in [6, 6.07) is 12.7. The van der Waals surface area contributed by atoms with Gasteiger partial charge in [-0.05, 0) is 60.2 Å². The lowest BCUT2D eigenvalue weighted by Gasteiger charge is -2.38. The van der Waals surface area contributed by atoms with Crippen LogP contribution in [0.1, 0.15) is 35.1 Å². The van der Waals surface area contributed by atoms with Gasteiger partial charge in [0.05, 0.1) is 6.04 Å². The predicted octanol–water partition coefficient (Wildman–Crippen LogP) is 6.13. The normalized spacial score (nSPS) is 25.5. The van der Waals surface area contributed by atoms with Crippen molar-refractivity contribution in [3.8, 4) is 0 Å². The lowest BCUT2D eigenvalue weighted by molar-refractivity contribution is 0.425. The Balaban J connectivity index is 1.82. The van der Waals surface area contributed by atoms with E-state index in [1.807, 2.05) is 18.2 Å². The maximum atomic E-state index is 6.28. The Labute approximate surface area is 140 Å². The zero-order valence-electron chi connectivity index (χ0n) is 12.3. The van der Waals surface area contributed by atoms with Crippen molar-refractivity contribution in [1.82, 2.24) is 0 Å². The molecule has 2 aromatic carbocycles. The van der Waals surface area contributed by atoms with Crippen molar-refractivity contribution >= 4 is 28.9 Å². The molecular weight excluding hydrogens is 313 g/mol. The summed E-state index contributed by atoms with van der Waals surface area (Å²) >= 11 is 12.3. The minimum Gasteiger partial charge on any atom is -0.377 e. The molecule has 1 N–H and O–H groups in total. The van der Waals surface area contributed by atoms with Crippen LogP contribution in [-0.2, 0) is 0 Å². The SMILES string of the molecule is Cc1cc(Cl)cc2c1N[C@H](c1ccc(Cl)cc1)[C@@H]1CC=C[C@H]21. The first-order valence-corrected chi connectivity index (χ1v) is 8.38. The smallest absolute Gasteiger partial charge is 0.0554 e. The van der Waals surface area contributed by atoms with Crippen molar-refractivity contribution in [1.29, 1.82) is 0 Å². The second-order valence-corrected chi connectivity index (χ2v) is 7.09. The fraction of sp³-hybridized carbons (Fsp3) is 0.263. The van der Waals surface area contributed by atoms with Crippen molar-refractivity contribution in [2.45, 2.75) is 25.3 Å². The van der Waals surface area contributed by atoms with Gasteiger partial charge in [0.15, 0.2) is 0 Å². The molecule has 0 amide bonds. The molecule has 2 aliphatic rings. The number of hydrogen-bond acceptors (Lipinski definition) is 1. The molecule has 2 aromatic rings. The van der Waals surface area contributed by atoms with E-state index in [0.717, 1.165) is 16.5 Å². The molecule has 0 saturated carbocycles. The molecule has 0 spiro atoms. The minimum atomic E-state index is 0.310. The van der Waals surface area contributed by atoms with Gasteiger partial charge in [0.1, 0.15) is 0 Å². The third-order valence-electron chi connectivity index (χ3n) is 4.86. The van der Waals surface area contributed by atoms with Crippen LogP contribution in [0.4, 0.5) is 5.69 Å². The van der Waals surface area contributed by atoms with E-state index in [2.05, 4.69) is 42.6 Å². The van der Waals surface area contributed by atoms with E-state index >= 15 is 0 Å². The van der Waals surface area contributed by atoms with Crippen molar-refractivity contribution in [3.63, 3.8) is 0 Å². The van der Waals surface area contributed by atoms with E-state index in [-0.39, 0.29) is 0 Å². The Morgan fingerprint density at radius 1 is 1.05 bits per heavy atom. The van der Waals surface area contributed by atoms with Crippen LogP contribution in [-0.4, -0.2) is 0 Å². The Hall–Kier alpha value is -1.44. The molecule has 0 unspecified atom stereocenters. The Kier molecular flexibility index (Phi) is 3.43. The first-order chi connectivity index (χ1) is 10.6. The second kappa shape index (κ2) is 5.33. The van der Waals surface area contributed by atoms with Crippen LogP contribution in [0.2, 0.25) is 10.0 Å². The molecule has 1 nitrogen and oxygen atoms in total. The molecule has 1 aliphatic heterocycles. The van der Waals surface area contributed by atoms with Crippen LogP contribution < -0.4 is 5.32 Å². The molecule has 0 aromatic heterocycles. The van der Waals surface area contributed by atoms with Gasteiger partial charge in [-0.3, -0.25) is 0 Å². The molecule has 0 bridgehead atoms. The van der Waals surface area contributed by atoms with Crippen molar-refractivity contribution in [2.24, 2.45) is 5.92 Å². The maximum absolute atomic E-state index is 6.28. The van der Waals surface area contributed by atoms with Crippen LogP contribution >= 0.6 is 23.2 Å². The highest BCUT2D eigenvalue weighted by atomic mass is 35.5. The summed E-state index contributed by atoms with van der Waals surface area (Å²) in [5.41, 5.74) is 5.06. The number of halogens is 2. The third kappa shape index (κ3) is 2.24. The van der Waals surface area contributed by atoms with Gasteiger partial charge in [0.25, 0.3) is 0 Å². The first kappa shape index (κ1) is 14.2. The fourth-order valence-electron chi connectivity index (χ4n) is 3.84. The number of aryl methyl sites for hydroxylation is 1. The van der Waals surface area contributed by atoms with Gasteiger partial charge in [-0.2, -0.15) is 0 Å². The summed E-state index contributed by atoms with van der Waals surface area (Å²) in [7, 11) is 0. The molecule has 0 saturated heterocycles. The van der Waals surface area contributed by atoms with E-state index in [1.54, 1.807) is 0 Å². The minimum absolute atomic E-state index is 0.310. The van der Waals surface area contributed by atoms with E-state index in [4.69, 9.17) is 23.2 Å². The maximum Gasteiger partial charge on any atom is 0.0554 e. The Morgan fingerprint density at radius 2 is 1.82 bits per heavy atom. The monoisotopic (exact) mass is 329 g/mol. The summed E-state index contributed by atoms with van der Waals surface area (Å²) in [5.74, 6) is 0.973. The van der Waals surface area contributed by atoms with Gasteiger partial charge in [-0.1, -0.05) is 47.5 Å². The number of nitrogens with one attached hydrogen (secondary N) is 1. The molecule has 22 heavy (non-hydrogen) atoms. The highest BCUT2D eigenvalue weighted by Gasteiger charge is 2.38. The van der Waals surface area contributed by atoms with E-state index in [1.165, 1.54) is 22.4 Å². The predicted molar refractivity (Wildman–Crippen MR) is 94.0 cm³/mol. The van der Waals surface area contributed by atoms with Gasteiger partial charge >= 0.3 is 0 Å². The van der Waals surface area contributed by atoms with Gasteiger partial charge < -0.3 is 5.32 Å². The van der Waals surface area contributed by atoms with Crippen molar-refractivity contribution in [3.05, 3.63) is 75.3 Å². The molecular formula is C19H17Cl2N. The number of anilines is 1. The Morgan fingerprint density at radius 3 is 2.59 bits per heavy atom. The van der Waals surface area contributed by atoms with Crippen LogP contribution in [0.15, 0.2) is 48.6 Å². The summed E-state index contributed by atoms with van der Waals surface area (Å²) in [4.78, 5) is 0. The van der Waals surface area contributed by atoms with E-state index in [0.29, 0.717) is 17.9 Å². The molecule has 1 aliphatic carbocycles. The first-order valence-electron chi connectivity index (χ1n) is 7.62. The number of rotatable bonds is 1. The highest BCUT2D eigenvalue weighted by molar-refractivity contribution is 6.31. The molecule has 3 atom stereocenters. The molecule has 0 radical (unpaired) electrons. The van der Waals surface area contributed by atoms with Crippen LogP contribution in [0.5, 0.6) is 0 Å². The highest BCUT2D eigenvalue weighted by Crippen LogP contribution is 2.51. The second-order valence-electron chi connectivity index (χ2n) is 6.21. The van der Waals surface area contributed by atoms with E-state index in [9.17, 15) is 0 Å². The van der Waals surface area contributed by atoms with E-state index < -0.39 is 0 Å². The molecule has 112 valence electrons. The van der Waals surface area contributed by atoms with Crippen molar-refractivity contribution in [2.75, 3.05) is 5.32 Å². The van der Waals surface area contributed by atoms with Crippen LogP contribution in [0, 0.1) is 12.8 Å². The zero-order valence-corrected chi connectivity index (χ0v) is 13.8. The Bertz CT molecular complexity index is 749. The number of fused-ring (bicyclic) bond motifs is 3. The average molecular weight is 330 g/mol. The molecule has 3 heteroatoms. The summed E-state index contributed by atoms with van der Waals surface area (Å²) in [5, 5.41) is 5.36. The lowest BCUT2D eigenvalue weighted by atomic mass is 9.76. The van der Waals surface area contributed by atoms with Crippen LogP contribution in [0.3, 0.4) is 0 Å². The van der Waals surface area contributed by atoms with Gasteiger partial charge in [-0.15, -0.1) is 0 Å². The average Bonchev–Trinajstić information content (AvgIpc) is 2.97. The summed E-state index contributed by atoms with van der Waals surface area (Å²) < 4.78 is 0. The fourth-order valence-corrected chi connectivity index (χ4v) is 4.25. The van der Waals surface area contributed by atoms with Crippen molar-refractivity contribution < 1.29 is 0 Å².